The Balaban J connectivity index is 1.65. The summed E-state index contributed by atoms with van der Waals surface area (Å²) in [7, 11) is 5.53. The van der Waals surface area contributed by atoms with E-state index < -0.39 is 0 Å². The molecule has 2 aromatic carbocycles. The number of nitrogens with zero attached hydrogens (tertiary/aromatic N) is 7. The molecule has 0 saturated heterocycles. The predicted molar refractivity (Wildman–Crippen MR) is 130 cm³/mol. The van der Waals surface area contributed by atoms with Gasteiger partial charge in [0.25, 0.3) is 0 Å². The molecule has 0 aliphatic carbocycles. The van der Waals surface area contributed by atoms with E-state index in [1.54, 1.807) is 29.6 Å². The molecule has 0 amide bonds. The van der Waals surface area contributed by atoms with Crippen molar-refractivity contribution in [2.45, 2.75) is 13.8 Å². The summed E-state index contributed by atoms with van der Waals surface area (Å²) in [4.78, 5) is 21.8. The number of hydrogen-bond acceptors (Lipinski definition) is 5. The molecule has 0 N–H and O–H groups in total. The van der Waals surface area contributed by atoms with Gasteiger partial charge in [0.1, 0.15) is 11.5 Å². The summed E-state index contributed by atoms with van der Waals surface area (Å²) >= 11 is 0. The van der Waals surface area contributed by atoms with Gasteiger partial charge in [-0.3, -0.25) is 13.7 Å². The molecule has 0 unspecified atom stereocenters. The second-order valence-corrected chi connectivity index (χ2v) is 8.64. The summed E-state index contributed by atoms with van der Waals surface area (Å²) in [5, 5.41) is 4.10. The minimum atomic E-state index is -0.0569. The Labute approximate surface area is 194 Å². The van der Waals surface area contributed by atoms with Crippen molar-refractivity contribution in [3.63, 3.8) is 0 Å². The SMILES string of the molecule is Cc1noc(C)c1-c1ccc2c(c1)nc(-c1cncn1C)n2-c1ccc2c(c1)n(C)c(=O)n2C. The van der Waals surface area contributed by atoms with Crippen molar-refractivity contribution < 1.29 is 4.52 Å². The van der Waals surface area contributed by atoms with Crippen LogP contribution in [0.3, 0.4) is 0 Å². The van der Waals surface area contributed by atoms with Crippen LogP contribution in [0.2, 0.25) is 0 Å². The zero-order chi connectivity index (χ0) is 23.7. The lowest BCUT2D eigenvalue weighted by Crippen LogP contribution is -2.19. The Morgan fingerprint density at radius 3 is 2.38 bits per heavy atom. The number of fused-ring (bicyclic) bond motifs is 2. The van der Waals surface area contributed by atoms with Gasteiger partial charge in [0.2, 0.25) is 0 Å². The van der Waals surface area contributed by atoms with Crippen molar-refractivity contribution in [3.05, 3.63) is 70.9 Å². The fourth-order valence-electron chi connectivity index (χ4n) is 4.77. The van der Waals surface area contributed by atoms with Crippen LogP contribution in [0, 0.1) is 13.8 Å². The van der Waals surface area contributed by atoms with Crippen molar-refractivity contribution in [2.75, 3.05) is 0 Å². The van der Waals surface area contributed by atoms with E-state index in [9.17, 15) is 4.79 Å². The Bertz CT molecular complexity index is 1770. The van der Waals surface area contributed by atoms with Crippen LogP contribution in [-0.4, -0.2) is 33.4 Å². The average Bonchev–Trinajstić information content (AvgIpc) is 3.56. The van der Waals surface area contributed by atoms with Crippen LogP contribution >= 0.6 is 0 Å². The fourth-order valence-corrected chi connectivity index (χ4v) is 4.77. The molecule has 9 heteroatoms. The highest BCUT2D eigenvalue weighted by Gasteiger charge is 2.20. The van der Waals surface area contributed by atoms with Gasteiger partial charge in [0.15, 0.2) is 5.82 Å². The number of hydrogen-bond donors (Lipinski definition) is 0. The Morgan fingerprint density at radius 2 is 1.68 bits per heavy atom. The average molecular weight is 454 g/mol. The van der Waals surface area contributed by atoms with E-state index in [4.69, 9.17) is 9.51 Å². The normalized spacial score (nSPS) is 11.8. The van der Waals surface area contributed by atoms with Crippen molar-refractivity contribution in [1.82, 2.24) is 33.4 Å². The van der Waals surface area contributed by atoms with Crippen LogP contribution in [0.5, 0.6) is 0 Å². The van der Waals surface area contributed by atoms with Crippen molar-refractivity contribution in [3.8, 4) is 28.3 Å². The largest absolute Gasteiger partial charge is 0.361 e. The Morgan fingerprint density at radius 1 is 0.912 bits per heavy atom. The molecule has 6 rings (SSSR count). The number of aryl methyl sites for hydroxylation is 5. The summed E-state index contributed by atoms with van der Waals surface area (Å²) < 4.78 is 12.8. The lowest BCUT2D eigenvalue weighted by molar-refractivity contribution is 0.393. The first-order chi connectivity index (χ1) is 16.3. The molecule has 0 saturated carbocycles. The third-order valence-electron chi connectivity index (χ3n) is 6.54. The molecule has 0 spiro atoms. The molecular formula is C25H23N7O2. The van der Waals surface area contributed by atoms with Gasteiger partial charge in [-0.15, -0.1) is 0 Å². The standard InChI is InChI=1S/C25H23N7O2/c1-14-23(15(2)34-28-14)16-6-8-19-18(10-16)27-24(22-12-26-13-29(22)3)32(19)17-7-9-20-21(11-17)31(5)25(33)30(20)4/h6-13H,1-5H3. The second-order valence-electron chi connectivity index (χ2n) is 8.64. The first-order valence-corrected chi connectivity index (χ1v) is 10.9. The van der Waals surface area contributed by atoms with Crippen molar-refractivity contribution in [1.29, 1.82) is 0 Å². The highest BCUT2D eigenvalue weighted by molar-refractivity contribution is 5.88. The molecule has 0 aliphatic rings. The molecular weight excluding hydrogens is 430 g/mol. The van der Waals surface area contributed by atoms with Gasteiger partial charge >= 0.3 is 5.69 Å². The van der Waals surface area contributed by atoms with Gasteiger partial charge in [0.05, 0.1) is 40.3 Å². The molecule has 170 valence electrons. The molecule has 9 nitrogen and oxygen atoms in total. The van der Waals surface area contributed by atoms with Crippen LogP contribution in [0.4, 0.5) is 0 Å². The van der Waals surface area contributed by atoms with Gasteiger partial charge in [-0.2, -0.15) is 0 Å². The van der Waals surface area contributed by atoms with Gasteiger partial charge in [0, 0.05) is 32.4 Å². The van der Waals surface area contributed by atoms with E-state index in [2.05, 4.69) is 32.9 Å². The lowest BCUT2D eigenvalue weighted by atomic mass is 10.0. The van der Waals surface area contributed by atoms with Crippen LogP contribution in [-0.2, 0) is 21.1 Å². The van der Waals surface area contributed by atoms with Crippen LogP contribution in [0.25, 0.3) is 50.4 Å². The lowest BCUT2D eigenvalue weighted by Gasteiger charge is -2.11. The topological polar surface area (TPSA) is 88.6 Å². The smallest absolute Gasteiger partial charge is 0.328 e. The monoisotopic (exact) mass is 453 g/mol. The van der Waals surface area contributed by atoms with Crippen LogP contribution < -0.4 is 5.69 Å². The predicted octanol–water partition coefficient (Wildman–Crippen LogP) is 3.89. The second kappa shape index (κ2) is 7.05. The van der Waals surface area contributed by atoms with E-state index >= 15 is 0 Å². The maximum Gasteiger partial charge on any atom is 0.328 e. The maximum atomic E-state index is 12.5. The molecule has 0 atom stereocenters. The van der Waals surface area contributed by atoms with E-state index in [1.807, 2.05) is 49.9 Å². The number of rotatable bonds is 3. The zero-order valence-corrected chi connectivity index (χ0v) is 19.6. The number of imidazole rings is 3. The summed E-state index contributed by atoms with van der Waals surface area (Å²) in [6, 6.07) is 12.2. The quantitative estimate of drug-likeness (QED) is 0.406. The van der Waals surface area contributed by atoms with Crippen molar-refractivity contribution in [2.24, 2.45) is 21.1 Å². The van der Waals surface area contributed by atoms with E-state index in [0.717, 1.165) is 61.9 Å². The molecule has 0 radical (unpaired) electrons. The molecule has 34 heavy (non-hydrogen) atoms. The molecule has 0 bridgehead atoms. The zero-order valence-electron chi connectivity index (χ0n) is 19.6. The minimum absolute atomic E-state index is 0.0569. The van der Waals surface area contributed by atoms with E-state index in [-0.39, 0.29) is 5.69 Å². The summed E-state index contributed by atoms with van der Waals surface area (Å²) in [5.74, 6) is 1.55. The van der Waals surface area contributed by atoms with Crippen LogP contribution in [0.15, 0.2) is 58.2 Å². The maximum absolute atomic E-state index is 12.5. The molecule has 4 heterocycles. The van der Waals surface area contributed by atoms with E-state index in [0.29, 0.717) is 0 Å². The van der Waals surface area contributed by atoms with Gasteiger partial charge < -0.3 is 9.09 Å². The van der Waals surface area contributed by atoms with Gasteiger partial charge in [-0.05, 0) is 49.7 Å². The van der Waals surface area contributed by atoms with Gasteiger partial charge in [-0.25, -0.2) is 14.8 Å². The Hall–Kier alpha value is -4.40. The fraction of sp³-hybridized carbons (Fsp3) is 0.200. The van der Waals surface area contributed by atoms with Crippen molar-refractivity contribution >= 4 is 22.1 Å². The molecule has 0 fully saturated rings. The highest BCUT2D eigenvalue weighted by atomic mass is 16.5. The first-order valence-electron chi connectivity index (χ1n) is 10.9. The molecule has 6 aromatic rings. The number of benzene rings is 2. The highest BCUT2D eigenvalue weighted by Crippen LogP contribution is 2.34. The molecule has 4 aromatic heterocycles. The summed E-state index contributed by atoms with van der Waals surface area (Å²) in [5.41, 5.74) is 8.11. The summed E-state index contributed by atoms with van der Waals surface area (Å²) in [6.07, 6.45) is 3.57. The first kappa shape index (κ1) is 20.2. The summed E-state index contributed by atoms with van der Waals surface area (Å²) in [6.45, 7) is 3.85. The Kier molecular flexibility index (Phi) is 4.19. The van der Waals surface area contributed by atoms with Gasteiger partial charge in [-0.1, -0.05) is 11.2 Å². The third kappa shape index (κ3) is 2.73. The molecule has 0 aliphatic heterocycles. The van der Waals surface area contributed by atoms with E-state index in [1.165, 1.54) is 0 Å². The van der Waals surface area contributed by atoms with Crippen LogP contribution in [0.1, 0.15) is 11.5 Å². The minimum Gasteiger partial charge on any atom is -0.361 e. The number of aromatic nitrogens is 7. The third-order valence-corrected chi connectivity index (χ3v) is 6.54.